The largest absolute Gasteiger partial charge is 0.339 e. The van der Waals surface area contributed by atoms with Gasteiger partial charge in [-0.2, -0.15) is 0 Å². The molecule has 1 heterocycles. The molecular formula is C16H20FNO. The minimum atomic E-state index is -0.262. The quantitative estimate of drug-likeness (QED) is 0.748. The van der Waals surface area contributed by atoms with Gasteiger partial charge in [0.2, 0.25) is 5.91 Å². The number of benzene rings is 1. The fraction of sp³-hybridized carbons (Fsp3) is 0.438. The zero-order chi connectivity index (χ0) is 13.8. The molecule has 1 aromatic carbocycles. The lowest BCUT2D eigenvalue weighted by Crippen LogP contribution is -2.41. The highest BCUT2D eigenvalue weighted by Crippen LogP contribution is 2.21. The van der Waals surface area contributed by atoms with Gasteiger partial charge in [0, 0.05) is 19.2 Å². The van der Waals surface area contributed by atoms with Gasteiger partial charge < -0.3 is 4.90 Å². The number of hydrogen-bond donors (Lipinski definition) is 0. The molecule has 0 saturated carbocycles. The highest BCUT2D eigenvalue weighted by molar-refractivity contribution is 5.91. The van der Waals surface area contributed by atoms with E-state index in [1.165, 1.54) is 18.6 Å². The van der Waals surface area contributed by atoms with Crippen LogP contribution in [0.25, 0.3) is 6.08 Å². The summed E-state index contributed by atoms with van der Waals surface area (Å²) < 4.78 is 12.8. The van der Waals surface area contributed by atoms with Crippen molar-refractivity contribution < 1.29 is 9.18 Å². The standard InChI is InChI=1S/C16H20FNO/c1-12-9-13(2)11-18(10-12)16(19)8-5-14-3-6-15(17)7-4-14/h3-8,12-13H,9-11H2,1-2H3/b8-5+. The Morgan fingerprint density at radius 2 is 1.79 bits per heavy atom. The van der Waals surface area contributed by atoms with Crippen molar-refractivity contribution in [2.45, 2.75) is 20.3 Å². The predicted octanol–water partition coefficient (Wildman–Crippen LogP) is 3.34. The normalized spacial score (nSPS) is 23.8. The van der Waals surface area contributed by atoms with Gasteiger partial charge >= 0.3 is 0 Å². The average Bonchev–Trinajstić information content (AvgIpc) is 2.36. The molecular weight excluding hydrogens is 241 g/mol. The van der Waals surface area contributed by atoms with Gasteiger partial charge in [-0.1, -0.05) is 26.0 Å². The van der Waals surface area contributed by atoms with Crippen molar-refractivity contribution in [2.24, 2.45) is 11.8 Å². The first-order chi connectivity index (χ1) is 9.04. The minimum Gasteiger partial charge on any atom is -0.339 e. The second-order valence-corrected chi connectivity index (χ2v) is 5.57. The van der Waals surface area contributed by atoms with Crippen molar-refractivity contribution >= 4 is 12.0 Å². The minimum absolute atomic E-state index is 0.0442. The smallest absolute Gasteiger partial charge is 0.246 e. The Labute approximate surface area is 113 Å². The van der Waals surface area contributed by atoms with Crippen molar-refractivity contribution in [2.75, 3.05) is 13.1 Å². The van der Waals surface area contributed by atoms with E-state index in [2.05, 4.69) is 13.8 Å². The molecule has 1 aliphatic heterocycles. The lowest BCUT2D eigenvalue weighted by molar-refractivity contribution is -0.128. The maximum Gasteiger partial charge on any atom is 0.246 e. The number of piperidine rings is 1. The maximum absolute atomic E-state index is 12.8. The second-order valence-electron chi connectivity index (χ2n) is 5.57. The molecule has 2 unspecified atom stereocenters. The third kappa shape index (κ3) is 3.91. The van der Waals surface area contributed by atoms with Crippen LogP contribution in [0.4, 0.5) is 4.39 Å². The van der Waals surface area contributed by atoms with Gasteiger partial charge in [0.15, 0.2) is 0 Å². The lowest BCUT2D eigenvalue weighted by Gasteiger charge is -2.34. The fourth-order valence-electron chi connectivity index (χ4n) is 2.69. The van der Waals surface area contributed by atoms with E-state index in [1.54, 1.807) is 24.3 Å². The summed E-state index contributed by atoms with van der Waals surface area (Å²) in [5.41, 5.74) is 0.841. The van der Waals surface area contributed by atoms with Crippen LogP contribution < -0.4 is 0 Å². The molecule has 0 spiro atoms. The Morgan fingerprint density at radius 1 is 1.21 bits per heavy atom. The molecule has 0 aliphatic carbocycles. The third-order valence-electron chi connectivity index (χ3n) is 3.47. The molecule has 3 heteroatoms. The molecule has 0 bridgehead atoms. The third-order valence-corrected chi connectivity index (χ3v) is 3.47. The van der Waals surface area contributed by atoms with Crippen LogP contribution in [0.1, 0.15) is 25.8 Å². The van der Waals surface area contributed by atoms with Crippen molar-refractivity contribution in [3.05, 3.63) is 41.7 Å². The molecule has 1 aromatic rings. The fourth-order valence-corrected chi connectivity index (χ4v) is 2.69. The second kappa shape index (κ2) is 6.00. The summed E-state index contributed by atoms with van der Waals surface area (Å²) >= 11 is 0. The number of amides is 1. The van der Waals surface area contributed by atoms with E-state index in [0.717, 1.165) is 18.7 Å². The molecule has 19 heavy (non-hydrogen) atoms. The Morgan fingerprint density at radius 3 is 2.37 bits per heavy atom. The first-order valence-electron chi connectivity index (χ1n) is 6.77. The summed E-state index contributed by atoms with van der Waals surface area (Å²) in [6.45, 7) is 6.02. The average molecular weight is 261 g/mol. The Hall–Kier alpha value is -1.64. The summed E-state index contributed by atoms with van der Waals surface area (Å²) in [4.78, 5) is 14.0. The van der Waals surface area contributed by atoms with Crippen LogP contribution in [0.2, 0.25) is 0 Å². The van der Waals surface area contributed by atoms with Crippen molar-refractivity contribution in [3.63, 3.8) is 0 Å². The number of carbonyl (C=O) groups is 1. The topological polar surface area (TPSA) is 20.3 Å². The van der Waals surface area contributed by atoms with E-state index in [9.17, 15) is 9.18 Å². The van der Waals surface area contributed by atoms with Gasteiger partial charge in [0.05, 0.1) is 0 Å². The van der Waals surface area contributed by atoms with Gasteiger partial charge in [0.1, 0.15) is 5.82 Å². The molecule has 102 valence electrons. The van der Waals surface area contributed by atoms with Crippen LogP contribution in [-0.4, -0.2) is 23.9 Å². The van der Waals surface area contributed by atoms with Gasteiger partial charge in [0.25, 0.3) is 0 Å². The zero-order valence-electron chi connectivity index (χ0n) is 11.5. The number of likely N-dealkylation sites (tertiary alicyclic amines) is 1. The van der Waals surface area contributed by atoms with E-state index < -0.39 is 0 Å². The van der Waals surface area contributed by atoms with E-state index >= 15 is 0 Å². The lowest BCUT2D eigenvalue weighted by atomic mass is 9.92. The summed E-state index contributed by atoms with van der Waals surface area (Å²) in [6, 6.07) is 6.13. The van der Waals surface area contributed by atoms with Crippen LogP contribution in [0.5, 0.6) is 0 Å². The van der Waals surface area contributed by atoms with Crippen LogP contribution in [0, 0.1) is 17.7 Å². The molecule has 0 aromatic heterocycles. The van der Waals surface area contributed by atoms with E-state index in [0.29, 0.717) is 11.8 Å². The van der Waals surface area contributed by atoms with Crippen LogP contribution in [-0.2, 0) is 4.79 Å². The molecule has 1 amide bonds. The van der Waals surface area contributed by atoms with Crippen LogP contribution >= 0.6 is 0 Å². The number of nitrogens with zero attached hydrogens (tertiary/aromatic N) is 1. The zero-order valence-corrected chi connectivity index (χ0v) is 11.5. The Bertz CT molecular complexity index is 456. The van der Waals surface area contributed by atoms with E-state index in [1.807, 2.05) is 4.90 Å². The first kappa shape index (κ1) is 13.8. The highest BCUT2D eigenvalue weighted by atomic mass is 19.1. The number of carbonyl (C=O) groups excluding carboxylic acids is 1. The molecule has 0 N–H and O–H groups in total. The number of hydrogen-bond acceptors (Lipinski definition) is 1. The molecule has 1 saturated heterocycles. The van der Waals surface area contributed by atoms with Crippen LogP contribution in [0.15, 0.2) is 30.3 Å². The summed E-state index contributed by atoms with van der Waals surface area (Å²) in [7, 11) is 0. The SMILES string of the molecule is CC1CC(C)CN(C(=O)/C=C/c2ccc(F)cc2)C1. The molecule has 1 fully saturated rings. The van der Waals surface area contributed by atoms with Crippen molar-refractivity contribution in [3.8, 4) is 0 Å². The van der Waals surface area contributed by atoms with E-state index in [-0.39, 0.29) is 11.7 Å². The van der Waals surface area contributed by atoms with Gasteiger partial charge in [-0.05, 0) is 42.0 Å². The first-order valence-corrected chi connectivity index (χ1v) is 6.77. The summed E-state index contributed by atoms with van der Waals surface area (Å²) in [5, 5.41) is 0. The van der Waals surface area contributed by atoms with Crippen LogP contribution in [0.3, 0.4) is 0 Å². The van der Waals surface area contributed by atoms with Gasteiger partial charge in [-0.15, -0.1) is 0 Å². The van der Waals surface area contributed by atoms with Crippen molar-refractivity contribution in [1.29, 1.82) is 0 Å². The number of rotatable bonds is 2. The molecule has 2 nitrogen and oxygen atoms in total. The van der Waals surface area contributed by atoms with Crippen molar-refractivity contribution in [1.82, 2.24) is 4.90 Å². The van der Waals surface area contributed by atoms with Gasteiger partial charge in [-0.25, -0.2) is 4.39 Å². The molecule has 2 atom stereocenters. The maximum atomic E-state index is 12.8. The Kier molecular flexibility index (Phi) is 4.35. The molecule has 2 rings (SSSR count). The molecule has 1 aliphatic rings. The van der Waals surface area contributed by atoms with Gasteiger partial charge in [-0.3, -0.25) is 4.79 Å². The Balaban J connectivity index is 1.98. The number of halogens is 1. The summed E-state index contributed by atoms with van der Waals surface area (Å²) in [6.07, 6.45) is 4.51. The highest BCUT2D eigenvalue weighted by Gasteiger charge is 2.23. The predicted molar refractivity (Wildman–Crippen MR) is 75.0 cm³/mol. The van der Waals surface area contributed by atoms with E-state index in [4.69, 9.17) is 0 Å². The molecule has 0 radical (unpaired) electrons. The summed E-state index contributed by atoms with van der Waals surface area (Å²) in [5.74, 6) is 0.906. The monoisotopic (exact) mass is 261 g/mol.